The summed E-state index contributed by atoms with van der Waals surface area (Å²) in [5, 5.41) is 50.3. The number of nitro benzene ring substituents is 2. The molecule has 0 saturated heterocycles. The van der Waals surface area contributed by atoms with Crippen LogP contribution < -0.4 is 20.1 Å². The molecule has 0 radical (unpaired) electrons. The van der Waals surface area contributed by atoms with Crippen molar-refractivity contribution < 1.29 is 55.9 Å². The number of aliphatic hydroxyl groups is 2. The second-order valence-corrected chi connectivity index (χ2v) is 16.1. The zero-order valence-electron chi connectivity index (χ0n) is 37.2. The van der Waals surface area contributed by atoms with Crippen LogP contribution in [0.25, 0.3) is 21.8 Å². The number of hydrogen-bond acceptors (Lipinski definition) is 10. The van der Waals surface area contributed by atoms with E-state index in [1.54, 1.807) is 84.9 Å². The Morgan fingerprint density at radius 1 is 0.529 bits per heavy atom. The summed E-state index contributed by atoms with van der Waals surface area (Å²) in [5.74, 6) is 1.07. The lowest BCUT2D eigenvalue weighted by Gasteiger charge is -2.31. The van der Waals surface area contributed by atoms with Gasteiger partial charge in [0.05, 0.1) is 48.2 Å². The molecule has 2 unspecified atom stereocenters. The van der Waals surface area contributed by atoms with E-state index < -0.39 is 57.6 Å². The maximum absolute atomic E-state index is 14.4. The van der Waals surface area contributed by atoms with Gasteiger partial charge in [-0.25, -0.2) is 0 Å². The molecule has 364 valence electrons. The van der Waals surface area contributed by atoms with Crippen LogP contribution in [0.2, 0.25) is 0 Å². The van der Waals surface area contributed by atoms with Crippen LogP contribution in [0, 0.1) is 20.2 Å². The van der Waals surface area contributed by atoms with Crippen LogP contribution in [0.5, 0.6) is 11.5 Å². The van der Waals surface area contributed by atoms with E-state index in [0.717, 1.165) is 23.3 Å². The summed E-state index contributed by atoms with van der Waals surface area (Å²) in [7, 11) is 2.95. The molecule has 2 heterocycles. The van der Waals surface area contributed by atoms with Gasteiger partial charge < -0.3 is 39.5 Å². The van der Waals surface area contributed by atoms with Gasteiger partial charge in [-0.15, -0.1) is 0 Å². The minimum Gasteiger partial charge on any atom is -0.497 e. The van der Waals surface area contributed by atoms with Crippen molar-refractivity contribution in [1.82, 2.24) is 9.13 Å². The number of methoxy groups -OCH3 is 2. The Hall–Kier alpha value is -8.10. The number of aromatic nitrogens is 2. The Labute approximate surface area is 395 Å². The monoisotopic (exact) mass is 970 g/mol. The van der Waals surface area contributed by atoms with Crippen LogP contribution in [-0.4, -0.2) is 68.9 Å². The highest BCUT2D eigenvalue weighted by atomic mass is 19.4. The van der Waals surface area contributed by atoms with E-state index in [0.29, 0.717) is 22.9 Å². The van der Waals surface area contributed by atoms with Crippen LogP contribution in [0.4, 0.5) is 49.1 Å². The van der Waals surface area contributed by atoms with Crippen LogP contribution in [0.15, 0.2) is 158 Å². The second kappa shape index (κ2) is 20.2. The van der Waals surface area contributed by atoms with Crippen molar-refractivity contribution in [3.8, 4) is 11.5 Å². The molecule has 20 heteroatoms. The lowest BCUT2D eigenvalue weighted by atomic mass is 9.92. The first-order valence-corrected chi connectivity index (χ1v) is 21.2. The molecule has 0 saturated carbocycles. The van der Waals surface area contributed by atoms with Crippen molar-refractivity contribution in [1.29, 1.82) is 0 Å². The number of hydrogen-bond donors (Lipinski definition) is 4. The summed E-state index contributed by atoms with van der Waals surface area (Å²) in [6.45, 7) is -1.41. The van der Waals surface area contributed by atoms with Gasteiger partial charge in [0, 0.05) is 83.0 Å². The molecule has 2 atom stereocenters. The smallest absolute Gasteiger partial charge is 0.423 e. The van der Waals surface area contributed by atoms with E-state index in [-0.39, 0.29) is 46.3 Å². The number of nitrogens with zero attached hydrogens (tertiary/aromatic N) is 4. The number of fused-ring (bicyclic) bond motifs is 2. The zero-order valence-corrected chi connectivity index (χ0v) is 37.2. The molecule has 0 aliphatic heterocycles. The average molecular weight is 971 g/mol. The molecule has 8 aromatic rings. The predicted molar refractivity (Wildman–Crippen MR) is 251 cm³/mol. The number of anilines is 2. The quantitative estimate of drug-likeness (QED) is 0.0414. The largest absolute Gasteiger partial charge is 0.497 e. The number of halogens is 6. The zero-order chi connectivity index (χ0) is 50.4. The first kappa shape index (κ1) is 49.8. The Bertz CT molecular complexity index is 2890. The molecule has 8 rings (SSSR count). The SMILES string of the molecule is COc1ccc(NCC(O)(c2cn(Cc3ccccc3)c3cc([N+](=O)[O-])ccc23)C(F)(F)F)cc1.COc1ccc(NCC(O)(c2cn(Cc3ccccc3)c3cc([N+](=O)[O-])ccc23)C(F)(F)F)cc1. The van der Waals surface area contributed by atoms with Gasteiger partial charge in [0.1, 0.15) is 11.5 Å². The summed E-state index contributed by atoms with van der Waals surface area (Å²) in [5.41, 5.74) is -5.15. The molecule has 0 spiro atoms. The topological polar surface area (TPSA) is 179 Å². The molecule has 0 aliphatic rings. The van der Waals surface area contributed by atoms with Crippen LogP contribution >= 0.6 is 0 Å². The number of ether oxygens (including phenoxy) is 2. The van der Waals surface area contributed by atoms with Gasteiger partial charge in [-0.2, -0.15) is 26.3 Å². The third kappa shape index (κ3) is 10.6. The Kier molecular flexibility index (Phi) is 14.4. The highest BCUT2D eigenvalue weighted by molar-refractivity contribution is 5.88. The summed E-state index contributed by atoms with van der Waals surface area (Å²) >= 11 is 0. The van der Waals surface area contributed by atoms with Crippen molar-refractivity contribution in [2.45, 2.75) is 36.6 Å². The lowest BCUT2D eigenvalue weighted by Crippen LogP contribution is -2.47. The van der Waals surface area contributed by atoms with Gasteiger partial charge in [-0.05, 0) is 71.8 Å². The van der Waals surface area contributed by atoms with Gasteiger partial charge in [0.15, 0.2) is 0 Å². The fourth-order valence-corrected chi connectivity index (χ4v) is 7.84. The molecule has 0 amide bonds. The third-order valence-corrected chi connectivity index (χ3v) is 11.7. The maximum Gasteiger partial charge on any atom is 0.423 e. The minimum atomic E-state index is -5.04. The predicted octanol–water partition coefficient (Wildman–Crippen LogP) is 10.9. The van der Waals surface area contributed by atoms with E-state index in [2.05, 4.69) is 10.6 Å². The van der Waals surface area contributed by atoms with E-state index in [9.17, 15) is 56.8 Å². The summed E-state index contributed by atoms with van der Waals surface area (Å²) in [6.07, 6.45) is -7.66. The van der Waals surface area contributed by atoms with E-state index in [4.69, 9.17) is 9.47 Å². The van der Waals surface area contributed by atoms with E-state index in [1.807, 2.05) is 0 Å². The maximum atomic E-state index is 14.4. The van der Waals surface area contributed by atoms with Crippen LogP contribution in [0.3, 0.4) is 0 Å². The lowest BCUT2D eigenvalue weighted by molar-refractivity contribution is -0.384. The Balaban J connectivity index is 0.000000206. The number of rotatable bonds is 16. The third-order valence-electron chi connectivity index (χ3n) is 11.7. The van der Waals surface area contributed by atoms with Crippen molar-refractivity contribution in [2.75, 3.05) is 37.9 Å². The first-order valence-electron chi connectivity index (χ1n) is 21.2. The van der Waals surface area contributed by atoms with Crippen molar-refractivity contribution in [2.24, 2.45) is 0 Å². The van der Waals surface area contributed by atoms with Crippen LogP contribution in [0.1, 0.15) is 22.3 Å². The molecule has 4 N–H and O–H groups in total. The molecule has 0 bridgehead atoms. The standard InChI is InChI=1S/2C25H22F3N3O4/c2*1-35-20-10-7-18(8-11-20)29-16-24(32,25(26,27)28)22-15-30(14-17-5-3-2-4-6-17)23-13-19(31(33)34)9-12-21(22)23/h2*2-13,15,29,32H,14,16H2,1H3. The molecule has 2 aromatic heterocycles. The number of non-ortho nitro benzene ring substituents is 2. The highest BCUT2D eigenvalue weighted by Gasteiger charge is 2.57. The number of alkyl halides is 6. The number of nitro groups is 2. The van der Waals surface area contributed by atoms with E-state index >= 15 is 0 Å². The molecule has 14 nitrogen and oxygen atoms in total. The first-order chi connectivity index (χ1) is 33.2. The number of benzene rings is 6. The van der Waals surface area contributed by atoms with Gasteiger partial charge in [-0.1, -0.05) is 60.7 Å². The van der Waals surface area contributed by atoms with E-state index in [1.165, 1.54) is 84.3 Å². The molecular weight excluding hydrogens is 927 g/mol. The molecule has 6 aromatic carbocycles. The fraction of sp³-hybridized carbons (Fsp3) is 0.200. The van der Waals surface area contributed by atoms with Crippen LogP contribution in [-0.2, 0) is 24.3 Å². The minimum absolute atomic E-state index is 0.0721. The second-order valence-electron chi connectivity index (χ2n) is 16.1. The normalized spacial score (nSPS) is 13.4. The Morgan fingerprint density at radius 3 is 1.17 bits per heavy atom. The highest BCUT2D eigenvalue weighted by Crippen LogP contribution is 2.45. The average Bonchev–Trinajstić information content (AvgIpc) is 3.90. The molecule has 0 aliphatic carbocycles. The molecule has 0 fully saturated rings. The molecule has 70 heavy (non-hydrogen) atoms. The summed E-state index contributed by atoms with van der Waals surface area (Å²) in [4.78, 5) is 21.4. The summed E-state index contributed by atoms with van der Waals surface area (Å²) < 4.78 is 99.2. The Morgan fingerprint density at radius 2 is 0.871 bits per heavy atom. The van der Waals surface area contributed by atoms with Crippen molar-refractivity contribution in [3.63, 3.8) is 0 Å². The van der Waals surface area contributed by atoms with Gasteiger partial charge in [-0.3, -0.25) is 20.2 Å². The van der Waals surface area contributed by atoms with Gasteiger partial charge >= 0.3 is 12.4 Å². The number of nitrogens with one attached hydrogen (secondary N) is 2. The molecular formula is C50H44F6N6O8. The van der Waals surface area contributed by atoms with Gasteiger partial charge in [0.25, 0.3) is 11.4 Å². The van der Waals surface area contributed by atoms with Crippen molar-refractivity contribution in [3.05, 3.63) is 200 Å². The fourth-order valence-electron chi connectivity index (χ4n) is 7.84. The van der Waals surface area contributed by atoms with Gasteiger partial charge in [0.2, 0.25) is 11.2 Å². The van der Waals surface area contributed by atoms with Crippen molar-refractivity contribution >= 4 is 44.6 Å². The summed E-state index contributed by atoms with van der Waals surface area (Å²) in [6, 6.07) is 37.6.